The number of aromatic nitrogens is 1. The number of hydrogen-bond donors (Lipinski definition) is 1. The molecule has 0 atom stereocenters. The minimum Gasteiger partial charge on any atom is -0.316 e. The molecule has 0 aliphatic rings. The van der Waals surface area contributed by atoms with Crippen molar-refractivity contribution in [2.75, 3.05) is 7.05 Å². The molecule has 0 spiro atoms. The van der Waals surface area contributed by atoms with Crippen molar-refractivity contribution >= 4 is 23.4 Å². The van der Waals surface area contributed by atoms with E-state index < -0.39 is 0 Å². The van der Waals surface area contributed by atoms with E-state index >= 15 is 0 Å². The van der Waals surface area contributed by atoms with E-state index in [9.17, 15) is 0 Å². The van der Waals surface area contributed by atoms with E-state index in [4.69, 9.17) is 11.6 Å². The minimum absolute atomic E-state index is 0.816. The minimum atomic E-state index is 0.816. The van der Waals surface area contributed by atoms with Crippen LogP contribution in [-0.2, 0) is 12.3 Å². The van der Waals surface area contributed by atoms with Crippen LogP contribution in [0, 0.1) is 0 Å². The summed E-state index contributed by atoms with van der Waals surface area (Å²) in [6, 6.07) is 12.0. The fraction of sp³-hybridized carbons (Fsp3) is 0.214. The predicted octanol–water partition coefficient (Wildman–Crippen LogP) is 3.75. The second-order valence-corrected chi connectivity index (χ2v) is 5.25. The van der Waals surface area contributed by atoms with Gasteiger partial charge in [-0.25, -0.2) is 4.98 Å². The maximum absolute atomic E-state index is 6.15. The van der Waals surface area contributed by atoms with Gasteiger partial charge in [-0.05, 0) is 30.3 Å². The zero-order chi connectivity index (χ0) is 12.8. The molecule has 0 bridgehead atoms. The summed E-state index contributed by atoms with van der Waals surface area (Å²) in [6.07, 6.45) is 1.83. The van der Waals surface area contributed by atoms with Crippen LogP contribution in [0.1, 0.15) is 11.1 Å². The van der Waals surface area contributed by atoms with Crippen LogP contribution in [0.2, 0.25) is 5.02 Å². The number of pyridine rings is 1. The highest BCUT2D eigenvalue weighted by Gasteiger charge is 2.05. The average Bonchev–Trinajstić information content (AvgIpc) is 2.40. The van der Waals surface area contributed by atoms with Crippen LogP contribution in [0.3, 0.4) is 0 Å². The SMILES string of the molecule is CNCc1cccnc1SCc1ccccc1Cl. The van der Waals surface area contributed by atoms with Crippen LogP contribution in [0.15, 0.2) is 47.6 Å². The Morgan fingerprint density at radius 1 is 1.17 bits per heavy atom. The molecule has 0 fully saturated rings. The standard InChI is InChI=1S/C14H15ClN2S/c1-16-9-11-6-4-8-17-14(11)18-10-12-5-2-3-7-13(12)15/h2-8,16H,9-10H2,1H3. The molecule has 2 aromatic rings. The molecule has 0 aliphatic carbocycles. The lowest BCUT2D eigenvalue weighted by atomic mass is 10.2. The van der Waals surface area contributed by atoms with Crippen molar-refractivity contribution in [2.45, 2.75) is 17.3 Å². The van der Waals surface area contributed by atoms with Crippen LogP contribution in [0.4, 0.5) is 0 Å². The Morgan fingerprint density at radius 2 is 1.94 bits per heavy atom. The molecule has 2 rings (SSSR count). The summed E-state index contributed by atoms with van der Waals surface area (Å²) in [6.45, 7) is 0.832. The van der Waals surface area contributed by atoms with E-state index in [0.717, 1.165) is 27.9 Å². The number of halogens is 1. The van der Waals surface area contributed by atoms with Crippen molar-refractivity contribution in [1.29, 1.82) is 0 Å². The normalized spacial score (nSPS) is 10.6. The van der Waals surface area contributed by atoms with Gasteiger partial charge in [0.15, 0.2) is 0 Å². The van der Waals surface area contributed by atoms with Gasteiger partial charge in [0, 0.05) is 23.5 Å². The van der Waals surface area contributed by atoms with Gasteiger partial charge in [0.05, 0.1) is 0 Å². The van der Waals surface area contributed by atoms with Crippen molar-refractivity contribution in [3.63, 3.8) is 0 Å². The van der Waals surface area contributed by atoms with Crippen molar-refractivity contribution in [3.8, 4) is 0 Å². The fourth-order valence-electron chi connectivity index (χ4n) is 1.64. The van der Waals surface area contributed by atoms with Gasteiger partial charge < -0.3 is 5.32 Å². The molecule has 18 heavy (non-hydrogen) atoms. The van der Waals surface area contributed by atoms with Gasteiger partial charge in [0.2, 0.25) is 0 Å². The lowest BCUT2D eigenvalue weighted by molar-refractivity contribution is 0.789. The molecule has 0 saturated carbocycles. The van der Waals surface area contributed by atoms with E-state index in [-0.39, 0.29) is 0 Å². The second-order valence-electron chi connectivity index (χ2n) is 3.88. The number of rotatable bonds is 5. The highest BCUT2D eigenvalue weighted by molar-refractivity contribution is 7.98. The molecule has 0 aliphatic heterocycles. The fourth-order valence-corrected chi connectivity index (χ4v) is 2.93. The van der Waals surface area contributed by atoms with Gasteiger partial charge in [0.1, 0.15) is 5.03 Å². The van der Waals surface area contributed by atoms with Gasteiger partial charge >= 0.3 is 0 Å². The van der Waals surface area contributed by atoms with Crippen LogP contribution in [0.25, 0.3) is 0 Å². The number of nitrogens with zero attached hydrogens (tertiary/aromatic N) is 1. The van der Waals surface area contributed by atoms with Crippen LogP contribution < -0.4 is 5.32 Å². The molecule has 1 aromatic heterocycles. The molecule has 0 amide bonds. The van der Waals surface area contributed by atoms with Crippen LogP contribution in [-0.4, -0.2) is 12.0 Å². The third kappa shape index (κ3) is 3.48. The number of nitrogens with one attached hydrogen (secondary N) is 1. The molecule has 0 saturated heterocycles. The number of benzene rings is 1. The highest BCUT2D eigenvalue weighted by Crippen LogP contribution is 2.27. The third-order valence-electron chi connectivity index (χ3n) is 2.54. The smallest absolute Gasteiger partial charge is 0.101 e. The molecule has 1 aromatic carbocycles. The summed E-state index contributed by atoms with van der Waals surface area (Å²) in [5.74, 6) is 0.841. The first-order chi connectivity index (χ1) is 8.81. The van der Waals surface area contributed by atoms with E-state index in [0.29, 0.717) is 0 Å². The molecule has 2 nitrogen and oxygen atoms in total. The first-order valence-electron chi connectivity index (χ1n) is 5.76. The Balaban J connectivity index is 2.08. The molecule has 0 unspecified atom stereocenters. The van der Waals surface area contributed by atoms with Crippen LogP contribution in [0.5, 0.6) is 0 Å². The second kappa shape index (κ2) is 6.78. The summed E-state index contributed by atoms with van der Waals surface area (Å²) in [7, 11) is 1.94. The van der Waals surface area contributed by atoms with E-state index in [1.807, 2.05) is 37.5 Å². The van der Waals surface area contributed by atoms with Gasteiger partial charge in [-0.3, -0.25) is 0 Å². The van der Waals surface area contributed by atoms with Crippen molar-refractivity contribution < 1.29 is 0 Å². The van der Waals surface area contributed by atoms with Gasteiger partial charge in [-0.15, -0.1) is 11.8 Å². The van der Waals surface area contributed by atoms with Crippen molar-refractivity contribution in [3.05, 3.63) is 58.7 Å². The first kappa shape index (κ1) is 13.4. The first-order valence-corrected chi connectivity index (χ1v) is 7.12. The topological polar surface area (TPSA) is 24.9 Å². The summed E-state index contributed by atoms with van der Waals surface area (Å²) >= 11 is 7.86. The summed E-state index contributed by atoms with van der Waals surface area (Å²) < 4.78 is 0. The maximum Gasteiger partial charge on any atom is 0.101 e. The molecule has 1 N–H and O–H groups in total. The largest absolute Gasteiger partial charge is 0.316 e. The van der Waals surface area contributed by atoms with Crippen LogP contribution >= 0.6 is 23.4 Å². The quantitative estimate of drug-likeness (QED) is 0.843. The molecule has 4 heteroatoms. The molecular weight excluding hydrogens is 264 g/mol. The summed E-state index contributed by atoms with van der Waals surface area (Å²) in [4.78, 5) is 4.42. The highest BCUT2D eigenvalue weighted by atomic mass is 35.5. The Bertz CT molecular complexity index is 517. The van der Waals surface area contributed by atoms with Gasteiger partial charge in [-0.1, -0.05) is 35.9 Å². The Hall–Kier alpha value is -1.03. The molecular formula is C14H15ClN2S. The zero-order valence-corrected chi connectivity index (χ0v) is 11.8. The van der Waals surface area contributed by atoms with Crippen molar-refractivity contribution in [1.82, 2.24) is 10.3 Å². The summed E-state index contributed by atoms with van der Waals surface area (Å²) in [5, 5.41) is 5.03. The Morgan fingerprint density at radius 3 is 2.72 bits per heavy atom. The maximum atomic E-state index is 6.15. The molecule has 1 heterocycles. The van der Waals surface area contributed by atoms with Gasteiger partial charge in [0.25, 0.3) is 0 Å². The lowest BCUT2D eigenvalue weighted by Crippen LogP contribution is -2.06. The van der Waals surface area contributed by atoms with E-state index in [1.165, 1.54) is 5.56 Å². The monoisotopic (exact) mass is 278 g/mol. The molecule has 0 radical (unpaired) electrons. The predicted molar refractivity (Wildman–Crippen MR) is 78.0 cm³/mol. The lowest BCUT2D eigenvalue weighted by Gasteiger charge is -2.08. The van der Waals surface area contributed by atoms with Crippen molar-refractivity contribution in [2.24, 2.45) is 0 Å². The number of thioether (sulfide) groups is 1. The third-order valence-corrected chi connectivity index (χ3v) is 4.00. The Labute approximate surface area is 117 Å². The average molecular weight is 279 g/mol. The van der Waals surface area contributed by atoms with Gasteiger partial charge in [-0.2, -0.15) is 0 Å². The zero-order valence-electron chi connectivity index (χ0n) is 10.2. The summed E-state index contributed by atoms with van der Waals surface area (Å²) in [5.41, 5.74) is 2.36. The number of hydrogen-bond acceptors (Lipinski definition) is 3. The molecule has 94 valence electrons. The van der Waals surface area contributed by atoms with E-state index in [1.54, 1.807) is 11.8 Å². The Kier molecular flexibility index (Phi) is 5.05. The van der Waals surface area contributed by atoms with E-state index in [2.05, 4.69) is 22.4 Å².